The largest absolute Gasteiger partial charge is 0.281 e. The molecule has 0 bridgehead atoms. The van der Waals surface area contributed by atoms with E-state index in [9.17, 15) is 4.79 Å². The molecule has 0 unspecified atom stereocenters. The molecule has 0 aliphatic carbocycles. The van der Waals surface area contributed by atoms with E-state index >= 15 is 0 Å². The van der Waals surface area contributed by atoms with Gasteiger partial charge >= 0.3 is 0 Å². The second kappa shape index (κ2) is 8.18. The number of rotatable bonds is 5. The Morgan fingerprint density at radius 3 is 2.66 bits per heavy atom. The Morgan fingerprint density at radius 1 is 1.21 bits per heavy atom. The predicted molar refractivity (Wildman–Crippen MR) is 125 cm³/mol. The van der Waals surface area contributed by atoms with Gasteiger partial charge in [-0.3, -0.25) is 14.4 Å². The van der Waals surface area contributed by atoms with E-state index in [-0.39, 0.29) is 5.91 Å². The van der Waals surface area contributed by atoms with Crippen molar-refractivity contribution in [1.82, 2.24) is 14.8 Å². The van der Waals surface area contributed by atoms with Crippen LogP contribution in [0.3, 0.4) is 0 Å². The van der Waals surface area contributed by atoms with E-state index in [2.05, 4.69) is 21.0 Å². The Kier molecular flexibility index (Phi) is 5.79. The Balaban J connectivity index is 1.72. The summed E-state index contributed by atoms with van der Waals surface area (Å²) in [4.78, 5) is 20.5. The van der Waals surface area contributed by atoms with Crippen LogP contribution in [0.4, 0.5) is 5.13 Å². The number of aryl methyl sites for hydroxylation is 3. The highest BCUT2D eigenvalue weighted by Crippen LogP contribution is 2.35. The van der Waals surface area contributed by atoms with Gasteiger partial charge in [-0.05, 0) is 72.6 Å². The van der Waals surface area contributed by atoms with Crippen molar-refractivity contribution >= 4 is 71.5 Å². The second-order valence-electron chi connectivity index (χ2n) is 6.73. The summed E-state index contributed by atoms with van der Waals surface area (Å²) in [6, 6.07) is 9.59. The number of anilines is 1. The lowest BCUT2D eigenvalue weighted by atomic mass is 10.2. The van der Waals surface area contributed by atoms with E-state index in [1.165, 1.54) is 22.7 Å². The number of fused-ring (bicyclic) bond motifs is 1. The van der Waals surface area contributed by atoms with Gasteiger partial charge in [0, 0.05) is 17.3 Å². The van der Waals surface area contributed by atoms with Crippen LogP contribution in [-0.2, 0) is 6.54 Å². The van der Waals surface area contributed by atoms with Crippen molar-refractivity contribution in [2.75, 3.05) is 11.4 Å². The smallest absolute Gasteiger partial charge is 0.270 e. The Hall–Kier alpha value is -1.74. The molecule has 150 valence electrons. The topological polar surface area (TPSA) is 51.0 Å². The third kappa shape index (κ3) is 4.12. The Morgan fingerprint density at radius 2 is 2.00 bits per heavy atom. The minimum Gasteiger partial charge on any atom is -0.281 e. The molecule has 0 saturated heterocycles. The summed E-state index contributed by atoms with van der Waals surface area (Å²) in [6.45, 7) is 7.00. The number of aromatic nitrogens is 3. The minimum absolute atomic E-state index is 0.0648. The fraction of sp³-hybridized carbons (Fsp3) is 0.250. The average Bonchev–Trinajstić information content (AvgIpc) is 3.37. The Bertz CT molecular complexity index is 1210. The van der Waals surface area contributed by atoms with Gasteiger partial charge in [-0.2, -0.15) is 5.10 Å². The zero-order valence-corrected chi connectivity index (χ0v) is 20.0. The third-order valence-corrected chi connectivity index (χ3v) is 7.70. The molecule has 0 N–H and O–H groups in total. The van der Waals surface area contributed by atoms with E-state index in [1.807, 2.05) is 55.8 Å². The molecule has 4 aromatic rings. The SMILES string of the molecule is Cc1cc(C)n(CCN(C(=O)c2ccc(Br)s2)c2nc3c(C)c(Cl)ccc3s2)n1. The molecule has 3 aromatic heterocycles. The van der Waals surface area contributed by atoms with Gasteiger partial charge in [0.1, 0.15) is 0 Å². The summed E-state index contributed by atoms with van der Waals surface area (Å²) >= 11 is 12.6. The minimum atomic E-state index is -0.0648. The fourth-order valence-electron chi connectivity index (χ4n) is 3.15. The molecule has 1 aromatic carbocycles. The first-order valence-electron chi connectivity index (χ1n) is 8.97. The number of carbonyl (C=O) groups is 1. The van der Waals surface area contributed by atoms with Crippen LogP contribution >= 0.6 is 50.2 Å². The number of amides is 1. The van der Waals surface area contributed by atoms with Gasteiger partial charge in [-0.15, -0.1) is 11.3 Å². The number of hydrogen-bond donors (Lipinski definition) is 0. The second-order valence-corrected chi connectivity index (χ2v) is 10.6. The molecule has 0 saturated carbocycles. The summed E-state index contributed by atoms with van der Waals surface area (Å²) in [5.74, 6) is -0.0648. The number of carbonyl (C=O) groups excluding carboxylic acids is 1. The quantitative estimate of drug-likeness (QED) is 0.320. The molecule has 0 aliphatic rings. The maximum atomic E-state index is 13.3. The van der Waals surface area contributed by atoms with E-state index in [0.717, 1.165) is 31.0 Å². The molecule has 1 amide bonds. The average molecular weight is 510 g/mol. The first-order chi connectivity index (χ1) is 13.8. The van der Waals surface area contributed by atoms with Crippen LogP contribution in [0.5, 0.6) is 0 Å². The summed E-state index contributed by atoms with van der Waals surface area (Å²) in [7, 11) is 0. The van der Waals surface area contributed by atoms with Gasteiger partial charge in [0.2, 0.25) is 0 Å². The zero-order valence-electron chi connectivity index (χ0n) is 16.1. The lowest BCUT2D eigenvalue weighted by molar-refractivity contribution is 0.0989. The Labute approximate surface area is 190 Å². The van der Waals surface area contributed by atoms with Crippen molar-refractivity contribution in [3.63, 3.8) is 0 Å². The highest BCUT2D eigenvalue weighted by atomic mass is 79.9. The summed E-state index contributed by atoms with van der Waals surface area (Å²) in [6.07, 6.45) is 0. The van der Waals surface area contributed by atoms with Crippen LogP contribution in [-0.4, -0.2) is 27.2 Å². The molecule has 0 aliphatic heterocycles. The monoisotopic (exact) mass is 508 g/mol. The van der Waals surface area contributed by atoms with Crippen molar-refractivity contribution in [1.29, 1.82) is 0 Å². The number of thiophene rings is 1. The number of benzene rings is 1. The number of thiazole rings is 1. The molecule has 3 heterocycles. The van der Waals surface area contributed by atoms with Crippen molar-refractivity contribution in [3.8, 4) is 0 Å². The molecule has 0 atom stereocenters. The normalized spacial score (nSPS) is 11.3. The van der Waals surface area contributed by atoms with Crippen molar-refractivity contribution in [2.24, 2.45) is 0 Å². The van der Waals surface area contributed by atoms with Gasteiger partial charge in [0.25, 0.3) is 5.91 Å². The summed E-state index contributed by atoms with van der Waals surface area (Å²) in [5.41, 5.74) is 3.80. The molecular weight excluding hydrogens is 492 g/mol. The van der Waals surface area contributed by atoms with Crippen molar-refractivity contribution in [3.05, 3.63) is 61.0 Å². The summed E-state index contributed by atoms with van der Waals surface area (Å²) < 4.78 is 3.86. The first kappa shape index (κ1) is 20.5. The van der Waals surface area contributed by atoms with E-state index in [0.29, 0.717) is 28.1 Å². The standard InChI is InChI=1S/C20H18BrClN4OS2/c1-11-10-12(2)26(24-11)9-8-25(19(27)16-6-7-17(21)28-16)20-23-18-13(3)14(22)4-5-15(18)29-20/h4-7,10H,8-9H2,1-3H3. The van der Waals surface area contributed by atoms with Gasteiger partial charge < -0.3 is 0 Å². The maximum Gasteiger partial charge on any atom is 0.270 e. The molecule has 9 heteroatoms. The van der Waals surface area contributed by atoms with Gasteiger partial charge in [-0.25, -0.2) is 4.98 Å². The van der Waals surface area contributed by atoms with Crippen molar-refractivity contribution < 1.29 is 4.79 Å². The fourth-order valence-corrected chi connectivity index (χ4v) is 5.68. The first-order valence-corrected chi connectivity index (χ1v) is 11.8. The molecule has 0 spiro atoms. The lowest BCUT2D eigenvalue weighted by Crippen LogP contribution is -2.33. The highest BCUT2D eigenvalue weighted by molar-refractivity contribution is 9.11. The van der Waals surface area contributed by atoms with Crippen molar-refractivity contribution in [2.45, 2.75) is 27.3 Å². The van der Waals surface area contributed by atoms with Crippen LogP contribution in [0.15, 0.2) is 34.1 Å². The molecule has 29 heavy (non-hydrogen) atoms. The molecule has 0 fully saturated rings. The molecule has 0 radical (unpaired) electrons. The van der Waals surface area contributed by atoms with Crippen LogP contribution in [0.1, 0.15) is 26.6 Å². The van der Waals surface area contributed by atoms with Crippen LogP contribution in [0.2, 0.25) is 5.02 Å². The van der Waals surface area contributed by atoms with E-state index in [4.69, 9.17) is 16.6 Å². The van der Waals surface area contributed by atoms with E-state index < -0.39 is 0 Å². The summed E-state index contributed by atoms with van der Waals surface area (Å²) in [5, 5.41) is 5.87. The van der Waals surface area contributed by atoms with Crippen LogP contribution in [0, 0.1) is 20.8 Å². The van der Waals surface area contributed by atoms with Gasteiger partial charge in [-0.1, -0.05) is 22.9 Å². The lowest BCUT2D eigenvalue weighted by Gasteiger charge is -2.19. The van der Waals surface area contributed by atoms with Gasteiger partial charge in [0.15, 0.2) is 5.13 Å². The van der Waals surface area contributed by atoms with Crippen LogP contribution in [0.25, 0.3) is 10.2 Å². The third-order valence-electron chi connectivity index (χ3n) is 4.64. The van der Waals surface area contributed by atoms with E-state index in [1.54, 1.807) is 4.90 Å². The number of hydrogen-bond acceptors (Lipinski definition) is 5. The number of halogens is 2. The predicted octanol–water partition coefficient (Wildman–Crippen LogP) is 6.24. The molecular formula is C20H18BrClN4OS2. The zero-order chi connectivity index (χ0) is 20.7. The molecule has 5 nitrogen and oxygen atoms in total. The van der Waals surface area contributed by atoms with Gasteiger partial charge in [0.05, 0.1) is 31.1 Å². The highest BCUT2D eigenvalue weighted by Gasteiger charge is 2.23. The van der Waals surface area contributed by atoms with Crippen LogP contribution < -0.4 is 4.90 Å². The molecule has 4 rings (SSSR count). The maximum absolute atomic E-state index is 13.3. The number of nitrogens with zero attached hydrogens (tertiary/aromatic N) is 4.